The molecule has 0 atom stereocenters. The normalized spacial score (nSPS) is 13.9. The molecule has 0 amide bonds. The van der Waals surface area contributed by atoms with Gasteiger partial charge >= 0.3 is 0 Å². The second kappa shape index (κ2) is 12.3. The molecule has 9 aromatic rings. The number of benzene rings is 6. The van der Waals surface area contributed by atoms with Crippen molar-refractivity contribution >= 4 is 66.7 Å². The molecule has 3 aromatic heterocycles. The average Bonchev–Trinajstić information content (AvgIpc) is 3.73. The van der Waals surface area contributed by atoms with E-state index in [1.54, 1.807) is 0 Å². The molecule has 302 valence electrons. The second-order valence-electron chi connectivity index (χ2n) is 22.1. The van der Waals surface area contributed by atoms with Crippen molar-refractivity contribution in [2.24, 2.45) is 0 Å². The molecule has 0 spiro atoms. The van der Waals surface area contributed by atoms with Gasteiger partial charge in [-0.25, -0.2) is 9.97 Å². The van der Waals surface area contributed by atoms with E-state index in [0.29, 0.717) is 0 Å². The van der Waals surface area contributed by atoms with Crippen molar-refractivity contribution in [2.45, 2.75) is 105 Å². The number of rotatable bonds is 2. The Morgan fingerprint density at radius 2 is 0.836 bits per heavy atom. The maximum atomic E-state index is 4.96. The van der Waals surface area contributed by atoms with Crippen LogP contribution in [0.4, 0.5) is 0 Å². The zero-order valence-corrected chi connectivity index (χ0v) is 37.8. The SMILES string of the molecule is CC(C)(C)c1ccc2c(c1)c1cc(C(C)(C)C)cc3c1n2-c1cc(-c2cnc(-c4ccccc4)nc2)cc2c1B3c1cc(C(C)(C)C)cc3c4cc(C(C)(C)C)ccc4n-2c13. The topological polar surface area (TPSA) is 35.6 Å². The molecule has 2 aliphatic heterocycles. The van der Waals surface area contributed by atoms with Gasteiger partial charge in [0.15, 0.2) is 5.82 Å². The summed E-state index contributed by atoms with van der Waals surface area (Å²) in [6.07, 6.45) is 4.02. The summed E-state index contributed by atoms with van der Waals surface area (Å²) in [6.45, 7) is 28.2. The molecule has 4 nitrogen and oxygen atoms in total. The zero-order valence-electron chi connectivity index (χ0n) is 37.8. The van der Waals surface area contributed by atoms with Gasteiger partial charge in [0.1, 0.15) is 0 Å². The lowest BCUT2D eigenvalue weighted by Gasteiger charge is -2.36. The van der Waals surface area contributed by atoms with Crippen LogP contribution in [-0.4, -0.2) is 25.8 Å². The lowest BCUT2D eigenvalue weighted by Crippen LogP contribution is -2.59. The Morgan fingerprint density at radius 3 is 1.26 bits per heavy atom. The predicted molar refractivity (Wildman–Crippen MR) is 261 cm³/mol. The van der Waals surface area contributed by atoms with Crippen molar-refractivity contribution in [3.05, 3.63) is 138 Å². The van der Waals surface area contributed by atoms with Crippen molar-refractivity contribution in [1.82, 2.24) is 19.1 Å². The first-order valence-corrected chi connectivity index (χ1v) is 22.1. The fraction of sp³-hybridized carbons (Fsp3) is 0.286. The summed E-state index contributed by atoms with van der Waals surface area (Å²) in [7, 11) is 0. The van der Waals surface area contributed by atoms with Crippen LogP contribution < -0.4 is 16.4 Å². The van der Waals surface area contributed by atoms with Gasteiger partial charge in [-0.15, -0.1) is 0 Å². The second-order valence-corrected chi connectivity index (χ2v) is 22.1. The smallest absolute Gasteiger partial charge is 0.252 e. The van der Waals surface area contributed by atoms with Crippen LogP contribution >= 0.6 is 0 Å². The van der Waals surface area contributed by atoms with Crippen LogP contribution in [0.2, 0.25) is 0 Å². The Balaban J connectivity index is 1.32. The van der Waals surface area contributed by atoms with Crippen LogP contribution in [0.25, 0.3) is 77.5 Å². The molecule has 11 rings (SSSR count). The first kappa shape index (κ1) is 38.0. The third-order valence-corrected chi connectivity index (χ3v) is 13.8. The van der Waals surface area contributed by atoms with Gasteiger partial charge in [-0.1, -0.05) is 138 Å². The highest BCUT2D eigenvalue weighted by molar-refractivity contribution is 7.00. The van der Waals surface area contributed by atoms with E-state index in [1.165, 1.54) is 93.6 Å². The third kappa shape index (κ3) is 5.58. The van der Waals surface area contributed by atoms with Gasteiger partial charge in [0, 0.05) is 67.5 Å². The van der Waals surface area contributed by atoms with Crippen molar-refractivity contribution in [2.75, 3.05) is 0 Å². The molecular formula is C56H55BN4. The molecule has 5 heteroatoms. The highest BCUT2D eigenvalue weighted by atomic mass is 15.0. The summed E-state index contributed by atoms with van der Waals surface area (Å²) in [6, 6.07) is 39.7. The van der Waals surface area contributed by atoms with Crippen LogP contribution in [0.15, 0.2) is 116 Å². The van der Waals surface area contributed by atoms with Crippen LogP contribution in [0.3, 0.4) is 0 Å². The molecule has 61 heavy (non-hydrogen) atoms. The van der Waals surface area contributed by atoms with Crippen LogP contribution in [0, 0.1) is 0 Å². The Kier molecular flexibility index (Phi) is 7.69. The summed E-state index contributed by atoms with van der Waals surface area (Å²) in [5.41, 5.74) is 20.3. The molecule has 0 aliphatic carbocycles. The van der Waals surface area contributed by atoms with Crippen molar-refractivity contribution in [3.8, 4) is 33.9 Å². The fourth-order valence-corrected chi connectivity index (χ4v) is 10.2. The largest absolute Gasteiger partial charge is 0.310 e. The average molecular weight is 795 g/mol. The zero-order chi connectivity index (χ0) is 42.7. The van der Waals surface area contributed by atoms with Gasteiger partial charge in [0.25, 0.3) is 6.71 Å². The minimum Gasteiger partial charge on any atom is -0.310 e. The molecule has 0 fully saturated rings. The minimum atomic E-state index is -0.0465. The number of hydrogen-bond donors (Lipinski definition) is 0. The Labute approximate surface area is 360 Å². The van der Waals surface area contributed by atoms with Crippen LogP contribution in [-0.2, 0) is 21.7 Å². The van der Waals surface area contributed by atoms with Crippen molar-refractivity contribution < 1.29 is 0 Å². The summed E-state index contributed by atoms with van der Waals surface area (Å²) in [5, 5.41) is 5.30. The van der Waals surface area contributed by atoms with E-state index in [1.807, 2.05) is 30.6 Å². The van der Waals surface area contributed by atoms with E-state index in [0.717, 1.165) is 22.5 Å². The summed E-state index contributed by atoms with van der Waals surface area (Å²) < 4.78 is 5.21. The van der Waals surface area contributed by atoms with Gasteiger partial charge < -0.3 is 9.13 Å². The van der Waals surface area contributed by atoms with Crippen molar-refractivity contribution in [1.29, 1.82) is 0 Å². The van der Waals surface area contributed by atoms with E-state index in [-0.39, 0.29) is 28.4 Å². The summed E-state index contributed by atoms with van der Waals surface area (Å²) >= 11 is 0. The lowest BCUT2D eigenvalue weighted by atomic mass is 9.34. The maximum Gasteiger partial charge on any atom is 0.252 e. The predicted octanol–water partition coefficient (Wildman–Crippen LogP) is 12.3. The molecular weight excluding hydrogens is 739 g/mol. The number of nitrogens with zero attached hydrogens (tertiary/aromatic N) is 4. The van der Waals surface area contributed by atoms with Crippen LogP contribution in [0.1, 0.15) is 105 Å². The highest BCUT2D eigenvalue weighted by Crippen LogP contribution is 2.44. The van der Waals surface area contributed by atoms with Gasteiger partial charge in [-0.05, 0) is 114 Å². The molecule has 0 N–H and O–H groups in total. The lowest BCUT2D eigenvalue weighted by molar-refractivity contribution is 0.590. The fourth-order valence-electron chi connectivity index (χ4n) is 10.2. The number of hydrogen-bond acceptors (Lipinski definition) is 2. The molecule has 5 heterocycles. The molecule has 6 aromatic carbocycles. The molecule has 0 saturated heterocycles. The van der Waals surface area contributed by atoms with Gasteiger partial charge in [-0.2, -0.15) is 0 Å². The van der Waals surface area contributed by atoms with Crippen LogP contribution in [0.5, 0.6) is 0 Å². The Hall–Kier alpha value is -5.94. The van der Waals surface area contributed by atoms with Crippen molar-refractivity contribution in [3.63, 3.8) is 0 Å². The Bertz CT molecular complexity index is 3140. The minimum absolute atomic E-state index is 0.0132. The highest BCUT2D eigenvalue weighted by Gasteiger charge is 2.43. The standard InChI is InChI=1S/C56H55BN4/c1-53(2,3)35-18-20-45-39(24-35)41-26-37(55(7,8)9)28-43-50(41)60(45)47-22-33(34-30-58-52(59-31-34)32-16-14-13-15-17-32)23-48-49(47)57(43)44-29-38(56(10,11)12)27-42-40-25-36(54(4,5)6)19-21-46(40)61(48)51(42)44/h13-31H,1-12H3. The molecule has 0 bridgehead atoms. The quantitative estimate of drug-likeness (QED) is 0.163. The van der Waals surface area contributed by atoms with Gasteiger partial charge in [0.2, 0.25) is 0 Å². The van der Waals surface area contributed by atoms with Gasteiger partial charge in [0.05, 0.1) is 11.0 Å². The number of aromatic nitrogens is 4. The van der Waals surface area contributed by atoms with E-state index < -0.39 is 0 Å². The molecule has 0 saturated carbocycles. The maximum absolute atomic E-state index is 4.96. The first-order chi connectivity index (χ1) is 28.8. The van der Waals surface area contributed by atoms with E-state index in [9.17, 15) is 0 Å². The molecule has 0 unspecified atom stereocenters. The third-order valence-electron chi connectivity index (χ3n) is 13.8. The summed E-state index contributed by atoms with van der Waals surface area (Å²) in [5.74, 6) is 0.733. The Morgan fingerprint density at radius 1 is 0.410 bits per heavy atom. The molecule has 2 aliphatic rings. The molecule has 0 radical (unpaired) electrons. The summed E-state index contributed by atoms with van der Waals surface area (Å²) in [4.78, 5) is 9.91. The monoisotopic (exact) mass is 794 g/mol. The number of fused-ring (bicyclic) bond motifs is 10. The van der Waals surface area contributed by atoms with Gasteiger partial charge in [-0.3, -0.25) is 0 Å². The van der Waals surface area contributed by atoms with E-state index in [2.05, 4.69) is 177 Å². The van der Waals surface area contributed by atoms with E-state index >= 15 is 0 Å². The first-order valence-electron chi connectivity index (χ1n) is 22.1. The van der Waals surface area contributed by atoms with E-state index in [4.69, 9.17) is 9.97 Å².